The molecule has 5 nitrogen and oxygen atoms in total. The third-order valence-electron chi connectivity index (χ3n) is 4.95. The van der Waals surface area contributed by atoms with Crippen LogP contribution >= 0.6 is 0 Å². The highest BCUT2D eigenvalue weighted by molar-refractivity contribution is 5.80. The molecule has 1 aromatic rings. The Bertz CT molecular complexity index is 628. The number of alkyl halides is 3. The van der Waals surface area contributed by atoms with Gasteiger partial charge in [-0.05, 0) is 31.9 Å². The number of hydrogen-bond acceptors (Lipinski definition) is 3. The van der Waals surface area contributed by atoms with Crippen LogP contribution in [0.1, 0.15) is 31.9 Å². The zero-order valence-electron chi connectivity index (χ0n) is 16.9. The predicted molar refractivity (Wildman–Crippen MR) is 105 cm³/mol. The van der Waals surface area contributed by atoms with Crippen molar-refractivity contribution in [1.82, 2.24) is 15.1 Å². The summed E-state index contributed by atoms with van der Waals surface area (Å²) < 4.78 is 44.4. The summed E-state index contributed by atoms with van der Waals surface area (Å²) in [5, 5.41) is 3.26. The van der Waals surface area contributed by atoms with E-state index in [1.165, 1.54) is 11.8 Å². The molecule has 0 saturated carbocycles. The number of rotatable bonds is 7. The van der Waals surface area contributed by atoms with Crippen LogP contribution in [0.2, 0.25) is 0 Å². The number of ether oxygens (including phenoxy) is 1. The first kappa shape index (κ1) is 22.5. The highest BCUT2D eigenvalue weighted by atomic mass is 19.4. The number of piperazine rings is 1. The van der Waals surface area contributed by atoms with E-state index in [1.807, 2.05) is 43.0 Å². The normalized spacial score (nSPS) is 17.6. The van der Waals surface area contributed by atoms with Gasteiger partial charge in [-0.25, -0.2) is 4.99 Å². The Balaban J connectivity index is 2.02. The maximum atomic E-state index is 12.9. The van der Waals surface area contributed by atoms with Crippen molar-refractivity contribution in [2.75, 3.05) is 39.3 Å². The van der Waals surface area contributed by atoms with Gasteiger partial charge < -0.3 is 15.0 Å². The quantitative estimate of drug-likeness (QED) is 0.563. The third kappa shape index (κ3) is 6.38. The molecular weight excluding hydrogens is 369 g/mol. The second-order valence-electron chi connectivity index (χ2n) is 6.82. The lowest BCUT2D eigenvalue weighted by molar-refractivity contribution is -0.181. The summed E-state index contributed by atoms with van der Waals surface area (Å²) in [6, 6.07) is 6.60. The van der Waals surface area contributed by atoms with Crippen molar-refractivity contribution in [2.24, 2.45) is 4.99 Å². The zero-order chi connectivity index (χ0) is 20.6. The van der Waals surface area contributed by atoms with E-state index in [2.05, 4.69) is 5.32 Å². The Labute approximate surface area is 165 Å². The summed E-state index contributed by atoms with van der Waals surface area (Å²) in [5.41, 5.74) is 2.20. The van der Waals surface area contributed by atoms with Gasteiger partial charge in [0.05, 0.1) is 13.2 Å². The van der Waals surface area contributed by atoms with Crippen LogP contribution in [-0.2, 0) is 17.9 Å². The van der Waals surface area contributed by atoms with E-state index in [1.54, 1.807) is 0 Å². The topological polar surface area (TPSA) is 40.1 Å². The van der Waals surface area contributed by atoms with E-state index in [-0.39, 0.29) is 0 Å². The first-order valence-electron chi connectivity index (χ1n) is 9.85. The van der Waals surface area contributed by atoms with Crippen LogP contribution in [0.3, 0.4) is 0 Å². The standard InChI is InChI=1S/C20H31F3N4O/c1-4-24-19(25-14-17-8-6-7-9-18(17)15-28-5-2)27-12-10-26(11-13-27)16(3)20(21,22)23/h6-9,16H,4-5,10-15H2,1-3H3,(H,24,25). The SMILES string of the molecule is CCNC(=NCc1ccccc1COCC)N1CCN(C(C)C(F)(F)F)CC1. The van der Waals surface area contributed by atoms with Crippen LogP contribution in [0.15, 0.2) is 29.3 Å². The number of halogens is 3. The molecule has 1 fully saturated rings. The smallest absolute Gasteiger partial charge is 0.377 e. The van der Waals surface area contributed by atoms with Crippen molar-refractivity contribution in [3.63, 3.8) is 0 Å². The minimum atomic E-state index is -4.19. The number of aliphatic imine (C=N–C) groups is 1. The fraction of sp³-hybridized carbons (Fsp3) is 0.650. The van der Waals surface area contributed by atoms with Gasteiger partial charge in [0.25, 0.3) is 0 Å². The summed E-state index contributed by atoms with van der Waals surface area (Å²) in [7, 11) is 0. The highest BCUT2D eigenvalue weighted by Crippen LogP contribution is 2.25. The predicted octanol–water partition coefficient (Wildman–Crippen LogP) is 3.26. The van der Waals surface area contributed by atoms with Crippen LogP contribution in [-0.4, -0.2) is 67.3 Å². The number of nitrogens with one attached hydrogen (secondary N) is 1. The van der Waals surface area contributed by atoms with Crippen molar-refractivity contribution in [2.45, 2.75) is 46.1 Å². The minimum absolute atomic E-state index is 0.367. The van der Waals surface area contributed by atoms with Gasteiger partial charge in [0.1, 0.15) is 6.04 Å². The van der Waals surface area contributed by atoms with Gasteiger partial charge in [-0.15, -0.1) is 0 Å². The molecule has 1 aliphatic rings. The van der Waals surface area contributed by atoms with Crippen LogP contribution in [0, 0.1) is 0 Å². The molecule has 28 heavy (non-hydrogen) atoms. The molecule has 0 aliphatic carbocycles. The molecule has 1 atom stereocenters. The number of benzene rings is 1. The molecule has 0 bridgehead atoms. The van der Waals surface area contributed by atoms with E-state index in [4.69, 9.17) is 9.73 Å². The molecule has 1 heterocycles. The average Bonchev–Trinajstić information content (AvgIpc) is 2.69. The van der Waals surface area contributed by atoms with Gasteiger partial charge >= 0.3 is 6.18 Å². The molecule has 0 amide bonds. The molecule has 0 spiro atoms. The van der Waals surface area contributed by atoms with Crippen LogP contribution in [0.25, 0.3) is 0 Å². The summed E-state index contributed by atoms with van der Waals surface area (Å²) >= 11 is 0. The molecule has 2 rings (SSSR count). The van der Waals surface area contributed by atoms with Crippen molar-refractivity contribution in [3.8, 4) is 0 Å². The third-order valence-corrected chi connectivity index (χ3v) is 4.95. The summed E-state index contributed by atoms with van der Waals surface area (Å²) in [5.74, 6) is 0.744. The molecule has 1 aromatic carbocycles. The first-order chi connectivity index (χ1) is 13.4. The Morgan fingerprint density at radius 3 is 2.36 bits per heavy atom. The molecule has 1 saturated heterocycles. The number of guanidine groups is 1. The van der Waals surface area contributed by atoms with Gasteiger partial charge in [0.15, 0.2) is 5.96 Å². The monoisotopic (exact) mass is 400 g/mol. The summed E-state index contributed by atoms with van der Waals surface area (Å²) in [4.78, 5) is 8.25. The van der Waals surface area contributed by atoms with Gasteiger partial charge in [0.2, 0.25) is 0 Å². The van der Waals surface area contributed by atoms with Gasteiger partial charge in [-0.2, -0.15) is 13.2 Å². The lowest BCUT2D eigenvalue weighted by atomic mass is 10.1. The fourth-order valence-corrected chi connectivity index (χ4v) is 3.18. The molecule has 1 N–H and O–H groups in total. The fourth-order valence-electron chi connectivity index (χ4n) is 3.18. The van der Waals surface area contributed by atoms with Crippen LogP contribution in [0.5, 0.6) is 0 Å². The molecule has 0 radical (unpaired) electrons. The van der Waals surface area contributed by atoms with E-state index in [0.717, 1.165) is 17.1 Å². The summed E-state index contributed by atoms with van der Waals surface area (Å²) in [6.45, 7) is 9.36. The Morgan fingerprint density at radius 1 is 1.14 bits per heavy atom. The lowest BCUT2D eigenvalue weighted by Crippen LogP contribution is -2.56. The van der Waals surface area contributed by atoms with Crippen molar-refractivity contribution >= 4 is 5.96 Å². The largest absolute Gasteiger partial charge is 0.403 e. The Kier molecular flexibility index (Phi) is 8.57. The van der Waals surface area contributed by atoms with E-state index in [0.29, 0.717) is 52.5 Å². The van der Waals surface area contributed by atoms with Gasteiger partial charge in [0, 0.05) is 39.3 Å². The molecule has 1 aliphatic heterocycles. The average molecular weight is 400 g/mol. The molecule has 158 valence electrons. The number of hydrogen-bond donors (Lipinski definition) is 1. The molecular formula is C20H31F3N4O. The van der Waals surface area contributed by atoms with Crippen molar-refractivity contribution < 1.29 is 17.9 Å². The van der Waals surface area contributed by atoms with E-state index in [9.17, 15) is 13.2 Å². The van der Waals surface area contributed by atoms with Crippen molar-refractivity contribution in [3.05, 3.63) is 35.4 Å². The highest BCUT2D eigenvalue weighted by Gasteiger charge is 2.41. The maximum Gasteiger partial charge on any atom is 0.403 e. The van der Waals surface area contributed by atoms with Crippen molar-refractivity contribution in [1.29, 1.82) is 0 Å². The van der Waals surface area contributed by atoms with E-state index < -0.39 is 12.2 Å². The van der Waals surface area contributed by atoms with Gasteiger partial charge in [-0.1, -0.05) is 24.3 Å². The molecule has 8 heteroatoms. The maximum absolute atomic E-state index is 12.9. The lowest BCUT2D eigenvalue weighted by Gasteiger charge is -2.39. The molecule has 1 unspecified atom stereocenters. The second kappa shape index (κ2) is 10.7. The van der Waals surface area contributed by atoms with E-state index >= 15 is 0 Å². The zero-order valence-corrected chi connectivity index (χ0v) is 16.9. The Morgan fingerprint density at radius 2 is 1.79 bits per heavy atom. The Hall–Kier alpha value is -1.80. The van der Waals surface area contributed by atoms with Crippen LogP contribution in [0.4, 0.5) is 13.2 Å². The minimum Gasteiger partial charge on any atom is -0.377 e. The molecule has 0 aromatic heterocycles. The summed E-state index contributed by atoms with van der Waals surface area (Å²) in [6.07, 6.45) is -4.19. The first-order valence-corrected chi connectivity index (χ1v) is 9.85. The second-order valence-corrected chi connectivity index (χ2v) is 6.82. The number of nitrogens with zero attached hydrogens (tertiary/aromatic N) is 3. The van der Waals surface area contributed by atoms with Crippen LogP contribution < -0.4 is 5.32 Å². The van der Waals surface area contributed by atoms with Gasteiger partial charge in [-0.3, -0.25) is 4.90 Å².